The Morgan fingerprint density at radius 3 is 2.50 bits per heavy atom. The molecule has 1 atom stereocenters. The highest BCUT2D eigenvalue weighted by molar-refractivity contribution is 8.03. The molecule has 1 heterocycles. The van der Waals surface area contributed by atoms with Gasteiger partial charge in [0.1, 0.15) is 17.7 Å². The van der Waals surface area contributed by atoms with Crippen molar-refractivity contribution < 1.29 is 0 Å². The molecule has 1 unspecified atom stereocenters. The normalized spacial score (nSPS) is 20.8. The van der Waals surface area contributed by atoms with E-state index < -0.39 is 0 Å². The molecular formula is C8H5N3S. The molecule has 58 valence electrons. The van der Waals surface area contributed by atoms with E-state index in [-0.39, 0.29) is 11.5 Å². The van der Waals surface area contributed by atoms with Gasteiger partial charge >= 0.3 is 0 Å². The van der Waals surface area contributed by atoms with Gasteiger partial charge in [0.2, 0.25) is 0 Å². The van der Waals surface area contributed by atoms with Crippen molar-refractivity contribution in [3.8, 4) is 18.2 Å². The number of hydrogen-bond donors (Lipinski definition) is 0. The minimum Gasteiger partial charge on any atom is -0.198 e. The number of nitriles is 3. The molecule has 4 heteroatoms. The van der Waals surface area contributed by atoms with Crippen LogP contribution in [0, 0.1) is 39.9 Å². The van der Waals surface area contributed by atoms with Gasteiger partial charge in [0.05, 0.1) is 12.0 Å². The molecule has 1 fully saturated rings. The quantitative estimate of drug-likeness (QED) is 0.524. The summed E-state index contributed by atoms with van der Waals surface area (Å²) in [5.41, 5.74) is 0.101. The molecule has 0 bridgehead atoms. The minimum atomic E-state index is -0.232. The van der Waals surface area contributed by atoms with E-state index in [1.807, 2.05) is 0 Å². The van der Waals surface area contributed by atoms with E-state index in [0.29, 0.717) is 4.91 Å². The van der Waals surface area contributed by atoms with Crippen molar-refractivity contribution in [2.24, 2.45) is 5.92 Å². The van der Waals surface area contributed by atoms with Crippen molar-refractivity contribution >= 4 is 11.8 Å². The Kier molecular flexibility index (Phi) is 2.75. The Balaban J connectivity index is 3.04. The largest absolute Gasteiger partial charge is 0.198 e. The number of rotatable bonds is 0. The summed E-state index contributed by atoms with van der Waals surface area (Å²) in [6.07, 6.45) is 0.753. The van der Waals surface area contributed by atoms with Crippen molar-refractivity contribution in [1.82, 2.24) is 0 Å². The fraction of sp³-hybridized carbons (Fsp3) is 0.375. The molecule has 3 nitrogen and oxygen atoms in total. The molecule has 0 radical (unpaired) electrons. The maximum atomic E-state index is 8.66. The number of hydrogen-bond acceptors (Lipinski definition) is 4. The zero-order chi connectivity index (χ0) is 8.97. The van der Waals surface area contributed by atoms with Crippen LogP contribution in [0.4, 0.5) is 0 Å². The summed E-state index contributed by atoms with van der Waals surface area (Å²) >= 11 is 1.44. The molecule has 0 spiro atoms. The van der Waals surface area contributed by atoms with Crippen molar-refractivity contribution in [2.45, 2.75) is 6.42 Å². The van der Waals surface area contributed by atoms with Gasteiger partial charge in [0.15, 0.2) is 0 Å². The number of thioether (sulfide) groups is 1. The molecule has 0 aliphatic carbocycles. The van der Waals surface area contributed by atoms with Crippen LogP contribution in [-0.4, -0.2) is 5.75 Å². The Bertz CT molecular complexity index is 321. The first-order chi connectivity index (χ1) is 5.83. The Morgan fingerprint density at radius 2 is 2.00 bits per heavy atom. The van der Waals surface area contributed by atoms with Crippen molar-refractivity contribution in [1.29, 1.82) is 15.8 Å². The van der Waals surface area contributed by atoms with E-state index in [4.69, 9.17) is 15.8 Å². The molecule has 0 N–H and O–H groups in total. The molecule has 1 rings (SSSR count). The Morgan fingerprint density at radius 1 is 1.33 bits per heavy atom. The average Bonchev–Trinajstić information content (AvgIpc) is 2.55. The predicted molar refractivity (Wildman–Crippen MR) is 44.4 cm³/mol. The van der Waals surface area contributed by atoms with Gasteiger partial charge in [-0.05, 0) is 12.2 Å². The van der Waals surface area contributed by atoms with E-state index in [1.54, 1.807) is 12.1 Å². The van der Waals surface area contributed by atoms with Gasteiger partial charge in [-0.2, -0.15) is 15.8 Å². The molecule has 0 amide bonds. The molecule has 0 aromatic heterocycles. The third-order valence-electron chi connectivity index (χ3n) is 1.61. The minimum absolute atomic E-state index is 0.101. The van der Waals surface area contributed by atoms with Crippen LogP contribution in [0.2, 0.25) is 0 Å². The summed E-state index contributed by atoms with van der Waals surface area (Å²) in [5.74, 6) is 0.602. The number of nitrogens with zero attached hydrogens (tertiary/aromatic N) is 3. The van der Waals surface area contributed by atoms with Crippen LogP contribution in [0.5, 0.6) is 0 Å². The van der Waals surface area contributed by atoms with Gasteiger partial charge < -0.3 is 0 Å². The van der Waals surface area contributed by atoms with Gasteiger partial charge in [0.25, 0.3) is 0 Å². The molecule has 1 saturated heterocycles. The topological polar surface area (TPSA) is 71.4 Å². The van der Waals surface area contributed by atoms with Gasteiger partial charge in [-0.15, -0.1) is 11.8 Å². The second-order valence-electron chi connectivity index (χ2n) is 2.28. The van der Waals surface area contributed by atoms with E-state index in [2.05, 4.69) is 6.07 Å². The van der Waals surface area contributed by atoms with Crippen LogP contribution in [0.15, 0.2) is 10.5 Å². The first kappa shape index (κ1) is 8.65. The zero-order valence-corrected chi connectivity index (χ0v) is 7.06. The predicted octanol–water partition coefficient (Wildman–Crippen LogP) is 1.56. The summed E-state index contributed by atoms with van der Waals surface area (Å²) in [6, 6.07) is 5.69. The fourth-order valence-corrected chi connectivity index (χ4v) is 2.20. The SMILES string of the molecule is N#CC(C#N)=C1SCCC1C#N. The van der Waals surface area contributed by atoms with Gasteiger partial charge in [0, 0.05) is 4.91 Å². The number of allylic oxidation sites excluding steroid dienone is 2. The van der Waals surface area contributed by atoms with E-state index in [9.17, 15) is 0 Å². The molecule has 1 aliphatic rings. The fourth-order valence-electron chi connectivity index (χ4n) is 1.02. The third-order valence-corrected chi connectivity index (χ3v) is 2.85. The summed E-state index contributed by atoms with van der Waals surface area (Å²) in [4.78, 5) is 0.655. The lowest BCUT2D eigenvalue weighted by Gasteiger charge is -1.97. The van der Waals surface area contributed by atoms with Gasteiger partial charge in [-0.25, -0.2) is 0 Å². The van der Waals surface area contributed by atoms with Crippen LogP contribution in [-0.2, 0) is 0 Å². The third kappa shape index (κ3) is 1.42. The maximum Gasteiger partial charge on any atom is 0.140 e. The lowest BCUT2D eigenvalue weighted by Crippen LogP contribution is -1.93. The van der Waals surface area contributed by atoms with Crippen LogP contribution < -0.4 is 0 Å². The highest BCUT2D eigenvalue weighted by Crippen LogP contribution is 2.37. The Labute approximate surface area is 74.9 Å². The summed E-state index contributed by atoms with van der Waals surface area (Å²) < 4.78 is 0. The average molecular weight is 175 g/mol. The maximum absolute atomic E-state index is 8.66. The van der Waals surface area contributed by atoms with Gasteiger partial charge in [-0.3, -0.25) is 0 Å². The van der Waals surface area contributed by atoms with E-state index in [1.165, 1.54) is 11.8 Å². The van der Waals surface area contributed by atoms with Gasteiger partial charge in [-0.1, -0.05) is 0 Å². The smallest absolute Gasteiger partial charge is 0.140 e. The van der Waals surface area contributed by atoms with Crippen molar-refractivity contribution in [3.05, 3.63) is 10.5 Å². The molecule has 0 aromatic rings. The summed E-state index contributed by atoms with van der Waals surface area (Å²) in [6.45, 7) is 0. The van der Waals surface area contributed by atoms with E-state index >= 15 is 0 Å². The molecular weight excluding hydrogens is 170 g/mol. The second-order valence-corrected chi connectivity index (χ2v) is 3.42. The highest BCUT2D eigenvalue weighted by atomic mass is 32.2. The first-order valence-corrected chi connectivity index (χ1v) is 4.38. The van der Waals surface area contributed by atoms with Crippen LogP contribution in [0.1, 0.15) is 6.42 Å². The lowest BCUT2D eigenvalue weighted by atomic mass is 10.1. The highest BCUT2D eigenvalue weighted by Gasteiger charge is 2.24. The van der Waals surface area contributed by atoms with E-state index in [0.717, 1.165) is 12.2 Å². The zero-order valence-electron chi connectivity index (χ0n) is 6.24. The molecule has 12 heavy (non-hydrogen) atoms. The second kappa shape index (κ2) is 3.81. The standard InChI is InChI=1S/C8H5N3S/c9-3-6-1-2-12-8(6)7(4-10)5-11/h6H,1-2H2. The monoisotopic (exact) mass is 175 g/mol. The lowest BCUT2D eigenvalue weighted by molar-refractivity contribution is 0.810. The molecule has 0 saturated carbocycles. The molecule has 0 aromatic carbocycles. The molecule has 1 aliphatic heterocycles. The van der Waals surface area contributed by atoms with Crippen LogP contribution >= 0.6 is 11.8 Å². The summed E-state index contributed by atoms with van der Waals surface area (Å²) in [7, 11) is 0. The Hall–Kier alpha value is -1.44. The van der Waals surface area contributed by atoms with Crippen LogP contribution in [0.25, 0.3) is 0 Å². The first-order valence-electron chi connectivity index (χ1n) is 3.40. The van der Waals surface area contributed by atoms with Crippen molar-refractivity contribution in [2.75, 3.05) is 5.75 Å². The summed E-state index contributed by atoms with van der Waals surface area (Å²) in [5, 5.41) is 25.8. The van der Waals surface area contributed by atoms with Crippen LogP contribution in [0.3, 0.4) is 0 Å². The van der Waals surface area contributed by atoms with Crippen molar-refractivity contribution in [3.63, 3.8) is 0 Å².